The van der Waals surface area contributed by atoms with Gasteiger partial charge in [-0.15, -0.1) is 0 Å². The first kappa shape index (κ1) is 21.4. The molecule has 1 N–H and O–H groups in total. The lowest BCUT2D eigenvalue weighted by atomic mass is 10.00. The summed E-state index contributed by atoms with van der Waals surface area (Å²) in [5.41, 5.74) is 10.5. The van der Waals surface area contributed by atoms with E-state index in [1.54, 1.807) is 0 Å². The summed E-state index contributed by atoms with van der Waals surface area (Å²) in [6.07, 6.45) is 2.79. The Labute approximate surface area is 205 Å². The molecule has 2 aromatic heterocycles. The fraction of sp³-hybridized carbons (Fsp3) is 0.200. The summed E-state index contributed by atoms with van der Waals surface area (Å²) in [6, 6.07) is 25.7. The van der Waals surface area contributed by atoms with Gasteiger partial charge in [0.2, 0.25) is 0 Å². The normalized spacial score (nSPS) is 13.4. The van der Waals surface area contributed by atoms with E-state index in [2.05, 4.69) is 99.6 Å². The number of rotatable bonds is 4. The molecule has 0 saturated heterocycles. The van der Waals surface area contributed by atoms with Gasteiger partial charge >= 0.3 is 0 Å². The third-order valence-electron chi connectivity index (χ3n) is 6.79. The summed E-state index contributed by atoms with van der Waals surface area (Å²) in [6.45, 7) is 6.36. The molecule has 1 aliphatic rings. The zero-order valence-electron chi connectivity index (χ0n) is 20.1. The average molecular weight is 461 g/mol. The Kier molecular flexibility index (Phi) is 5.45. The number of benzene rings is 3. The van der Waals surface area contributed by atoms with Crippen LogP contribution in [0.1, 0.15) is 28.2 Å². The third-order valence-corrected chi connectivity index (χ3v) is 6.79. The van der Waals surface area contributed by atoms with Gasteiger partial charge in [0.15, 0.2) is 0 Å². The molecule has 0 saturated carbocycles. The molecular weight excluding hydrogens is 432 g/mol. The van der Waals surface area contributed by atoms with Gasteiger partial charge in [0.05, 0.1) is 17.6 Å². The van der Waals surface area contributed by atoms with Crippen LogP contribution in [-0.4, -0.2) is 28.1 Å². The van der Waals surface area contributed by atoms with Gasteiger partial charge in [-0.05, 0) is 60.9 Å². The van der Waals surface area contributed by atoms with Crippen molar-refractivity contribution in [2.45, 2.75) is 26.8 Å². The second kappa shape index (κ2) is 8.91. The molecule has 3 heterocycles. The van der Waals surface area contributed by atoms with Gasteiger partial charge < -0.3 is 14.6 Å². The van der Waals surface area contributed by atoms with Crippen molar-refractivity contribution in [1.29, 1.82) is 0 Å². The topological polar surface area (TPSA) is 54.0 Å². The number of hydrogen-bond acceptors (Lipinski definition) is 4. The first-order valence-electron chi connectivity index (χ1n) is 12.1. The minimum atomic E-state index is 0.651. The van der Waals surface area contributed by atoms with E-state index in [0.29, 0.717) is 6.61 Å². The predicted octanol–water partition coefficient (Wildman–Crippen LogP) is 6.23. The van der Waals surface area contributed by atoms with Crippen LogP contribution in [0.5, 0.6) is 5.75 Å². The quantitative estimate of drug-likeness (QED) is 0.345. The molecule has 0 fully saturated rings. The Morgan fingerprint density at radius 3 is 2.66 bits per heavy atom. The lowest BCUT2D eigenvalue weighted by Gasteiger charge is -2.26. The number of anilines is 1. The van der Waals surface area contributed by atoms with E-state index in [1.165, 1.54) is 33.5 Å². The number of H-pyrrole nitrogens is 1. The number of aryl methyl sites for hydroxylation is 2. The number of hydrogen-bond donors (Lipinski definition) is 1. The fourth-order valence-electron chi connectivity index (χ4n) is 4.99. The standard InChI is InChI=1S/C30H28N4O/c1-20-26(16-22-6-4-3-5-7-22)29(12-13-31-20)34-14-15-35-30-11-9-23(17-25(30)19-34)24-8-10-27-28(18-24)33-21(2)32-27/h3-13,17-18H,14-16,19H2,1-2H3,(H,32,33). The lowest BCUT2D eigenvalue weighted by molar-refractivity contribution is 0.331. The Bertz CT molecular complexity index is 1510. The molecule has 0 aliphatic carbocycles. The van der Waals surface area contributed by atoms with E-state index in [1.807, 2.05) is 13.1 Å². The highest BCUT2D eigenvalue weighted by atomic mass is 16.5. The van der Waals surface area contributed by atoms with Crippen LogP contribution in [0.2, 0.25) is 0 Å². The van der Waals surface area contributed by atoms with Crippen LogP contribution in [0.25, 0.3) is 22.2 Å². The number of nitrogens with zero attached hydrogens (tertiary/aromatic N) is 3. The predicted molar refractivity (Wildman–Crippen MR) is 141 cm³/mol. The molecule has 5 nitrogen and oxygen atoms in total. The Balaban J connectivity index is 1.35. The second-order valence-corrected chi connectivity index (χ2v) is 9.20. The Hall–Kier alpha value is -4.12. The van der Waals surface area contributed by atoms with Gasteiger partial charge in [0, 0.05) is 41.7 Å². The molecule has 174 valence electrons. The maximum absolute atomic E-state index is 6.18. The highest BCUT2D eigenvalue weighted by Gasteiger charge is 2.20. The van der Waals surface area contributed by atoms with Crippen molar-refractivity contribution >= 4 is 16.7 Å². The number of aromatic nitrogens is 3. The zero-order valence-corrected chi connectivity index (χ0v) is 20.1. The van der Waals surface area contributed by atoms with E-state index >= 15 is 0 Å². The van der Waals surface area contributed by atoms with E-state index in [0.717, 1.165) is 47.8 Å². The molecule has 3 aromatic carbocycles. The van der Waals surface area contributed by atoms with Gasteiger partial charge in [-0.1, -0.05) is 42.5 Å². The van der Waals surface area contributed by atoms with Crippen molar-refractivity contribution < 1.29 is 4.74 Å². The smallest absolute Gasteiger partial charge is 0.124 e. The lowest BCUT2D eigenvalue weighted by Crippen LogP contribution is -2.26. The van der Waals surface area contributed by atoms with Crippen LogP contribution in [0.15, 0.2) is 79.0 Å². The molecule has 35 heavy (non-hydrogen) atoms. The summed E-state index contributed by atoms with van der Waals surface area (Å²) in [5.74, 6) is 1.90. The maximum atomic E-state index is 6.18. The van der Waals surface area contributed by atoms with Crippen molar-refractivity contribution in [3.63, 3.8) is 0 Å². The molecule has 0 spiro atoms. The molecule has 0 atom stereocenters. The van der Waals surface area contributed by atoms with Crippen molar-refractivity contribution in [2.75, 3.05) is 18.1 Å². The molecule has 0 amide bonds. The minimum Gasteiger partial charge on any atom is -0.491 e. The van der Waals surface area contributed by atoms with E-state index in [9.17, 15) is 0 Å². The van der Waals surface area contributed by atoms with Crippen molar-refractivity contribution in [2.24, 2.45) is 0 Å². The van der Waals surface area contributed by atoms with Gasteiger partial charge in [-0.25, -0.2) is 4.98 Å². The molecule has 0 unspecified atom stereocenters. The Morgan fingerprint density at radius 1 is 0.943 bits per heavy atom. The number of nitrogens with one attached hydrogen (secondary N) is 1. The molecule has 0 radical (unpaired) electrons. The second-order valence-electron chi connectivity index (χ2n) is 9.20. The summed E-state index contributed by atoms with van der Waals surface area (Å²) in [4.78, 5) is 14.9. The van der Waals surface area contributed by atoms with Gasteiger partial charge in [-0.3, -0.25) is 4.98 Å². The van der Waals surface area contributed by atoms with Crippen molar-refractivity contribution in [1.82, 2.24) is 15.0 Å². The average Bonchev–Trinajstić information content (AvgIpc) is 3.11. The number of aromatic amines is 1. The van der Waals surface area contributed by atoms with Crippen LogP contribution in [0.3, 0.4) is 0 Å². The number of ether oxygens (including phenoxy) is 1. The molecule has 5 heteroatoms. The molecule has 6 rings (SSSR count). The molecule has 1 aliphatic heterocycles. The summed E-state index contributed by atoms with van der Waals surface area (Å²) < 4.78 is 6.18. The van der Waals surface area contributed by atoms with E-state index in [4.69, 9.17) is 4.74 Å². The van der Waals surface area contributed by atoms with Crippen molar-refractivity contribution in [3.05, 3.63) is 107 Å². The van der Waals surface area contributed by atoms with Gasteiger partial charge in [0.25, 0.3) is 0 Å². The zero-order chi connectivity index (χ0) is 23.8. The highest BCUT2D eigenvalue weighted by molar-refractivity contribution is 5.82. The van der Waals surface area contributed by atoms with Crippen molar-refractivity contribution in [3.8, 4) is 16.9 Å². The summed E-state index contributed by atoms with van der Waals surface area (Å²) >= 11 is 0. The number of imidazole rings is 1. The molecule has 0 bridgehead atoms. The maximum Gasteiger partial charge on any atom is 0.124 e. The van der Waals surface area contributed by atoms with Crippen LogP contribution in [0, 0.1) is 13.8 Å². The highest BCUT2D eigenvalue weighted by Crippen LogP contribution is 2.33. The Morgan fingerprint density at radius 2 is 1.77 bits per heavy atom. The minimum absolute atomic E-state index is 0.651. The van der Waals surface area contributed by atoms with Crippen LogP contribution in [-0.2, 0) is 13.0 Å². The first-order valence-corrected chi connectivity index (χ1v) is 12.1. The molecule has 5 aromatic rings. The first-order chi connectivity index (χ1) is 17.1. The van der Waals surface area contributed by atoms with Crippen LogP contribution in [0.4, 0.5) is 5.69 Å². The van der Waals surface area contributed by atoms with E-state index in [-0.39, 0.29) is 0 Å². The fourth-order valence-corrected chi connectivity index (χ4v) is 4.99. The monoisotopic (exact) mass is 460 g/mol. The van der Waals surface area contributed by atoms with E-state index < -0.39 is 0 Å². The van der Waals surface area contributed by atoms with Crippen LogP contribution >= 0.6 is 0 Å². The van der Waals surface area contributed by atoms with Gasteiger partial charge in [-0.2, -0.15) is 0 Å². The largest absolute Gasteiger partial charge is 0.491 e. The summed E-state index contributed by atoms with van der Waals surface area (Å²) in [7, 11) is 0. The van der Waals surface area contributed by atoms with Crippen LogP contribution < -0.4 is 9.64 Å². The van der Waals surface area contributed by atoms with Gasteiger partial charge in [0.1, 0.15) is 18.2 Å². The number of pyridine rings is 1. The SMILES string of the molecule is Cc1nc2ccc(-c3ccc4c(c3)CN(c3ccnc(C)c3Cc3ccccc3)CCO4)cc2[nH]1. The summed E-state index contributed by atoms with van der Waals surface area (Å²) in [5, 5.41) is 0. The molecular formula is C30H28N4O. The number of fused-ring (bicyclic) bond motifs is 2. The third kappa shape index (κ3) is 4.26.